The SMILES string of the molecule is CN(C)Cc1c[nH]c2cc(OCCO)c(Cl)nc12. The van der Waals surface area contributed by atoms with Crippen LogP contribution in [0.5, 0.6) is 5.75 Å². The first-order chi connectivity index (χ1) is 8.61. The third-order valence-corrected chi connectivity index (χ3v) is 2.76. The number of H-pyrrole nitrogens is 1. The van der Waals surface area contributed by atoms with Crippen molar-refractivity contribution in [3.05, 3.63) is 23.0 Å². The molecule has 2 aromatic heterocycles. The van der Waals surface area contributed by atoms with E-state index in [0.29, 0.717) is 10.9 Å². The van der Waals surface area contributed by atoms with E-state index in [9.17, 15) is 0 Å². The maximum atomic E-state index is 8.73. The minimum Gasteiger partial charge on any atom is -0.488 e. The highest BCUT2D eigenvalue weighted by Gasteiger charge is 2.11. The highest BCUT2D eigenvalue weighted by molar-refractivity contribution is 6.31. The number of rotatable bonds is 5. The molecule has 0 aliphatic heterocycles. The summed E-state index contributed by atoms with van der Waals surface area (Å²) in [5, 5.41) is 9.05. The van der Waals surface area contributed by atoms with E-state index in [4.69, 9.17) is 21.4 Å². The molecule has 6 heteroatoms. The Morgan fingerprint density at radius 3 is 2.94 bits per heavy atom. The fraction of sp³-hybridized carbons (Fsp3) is 0.417. The molecule has 0 fully saturated rings. The van der Waals surface area contributed by atoms with E-state index in [1.54, 1.807) is 6.07 Å². The van der Waals surface area contributed by atoms with Gasteiger partial charge in [-0.05, 0) is 14.1 Å². The summed E-state index contributed by atoms with van der Waals surface area (Å²) < 4.78 is 5.31. The van der Waals surface area contributed by atoms with Crippen molar-refractivity contribution in [3.63, 3.8) is 0 Å². The van der Waals surface area contributed by atoms with Gasteiger partial charge in [-0.1, -0.05) is 11.6 Å². The number of nitrogens with one attached hydrogen (secondary N) is 1. The number of nitrogens with zero attached hydrogens (tertiary/aromatic N) is 2. The van der Waals surface area contributed by atoms with Gasteiger partial charge in [-0.25, -0.2) is 4.98 Å². The molecule has 0 unspecified atom stereocenters. The lowest BCUT2D eigenvalue weighted by Gasteiger charge is -2.09. The summed E-state index contributed by atoms with van der Waals surface area (Å²) in [6.07, 6.45) is 1.92. The number of aliphatic hydroxyl groups excluding tert-OH is 1. The number of aromatic amines is 1. The number of halogens is 1. The fourth-order valence-corrected chi connectivity index (χ4v) is 1.97. The molecular weight excluding hydrogens is 254 g/mol. The molecule has 0 radical (unpaired) electrons. The van der Waals surface area contributed by atoms with Crippen molar-refractivity contribution in [2.75, 3.05) is 27.3 Å². The monoisotopic (exact) mass is 269 g/mol. The lowest BCUT2D eigenvalue weighted by molar-refractivity contribution is 0.201. The molecule has 2 heterocycles. The van der Waals surface area contributed by atoms with Crippen LogP contribution in [-0.4, -0.2) is 47.3 Å². The molecule has 0 atom stereocenters. The Balaban J connectivity index is 2.36. The molecule has 0 saturated carbocycles. The molecule has 0 aromatic carbocycles. The summed E-state index contributed by atoms with van der Waals surface area (Å²) in [5.74, 6) is 0.483. The van der Waals surface area contributed by atoms with Crippen LogP contribution in [-0.2, 0) is 6.54 Å². The number of aromatic nitrogens is 2. The van der Waals surface area contributed by atoms with Crippen molar-refractivity contribution < 1.29 is 9.84 Å². The van der Waals surface area contributed by atoms with Gasteiger partial charge in [-0.2, -0.15) is 0 Å². The van der Waals surface area contributed by atoms with Crippen LogP contribution in [0, 0.1) is 0 Å². The summed E-state index contributed by atoms with van der Waals surface area (Å²) in [7, 11) is 4.00. The summed E-state index contributed by atoms with van der Waals surface area (Å²) in [6, 6.07) is 1.81. The molecule has 2 aromatic rings. The lowest BCUT2D eigenvalue weighted by Crippen LogP contribution is -2.10. The van der Waals surface area contributed by atoms with Gasteiger partial charge in [0.05, 0.1) is 17.6 Å². The second-order valence-corrected chi connectivity index (χ2v) is 4.66. The van der Waals surface area contributed by atoms with Crippen molar-refractivity contribution in [3.8, 4) is 5.75 Å². The average Bonchev–Trinajstić information content (AvgIpc) is 2.68. The third-order valence-electron chi connectivity index (χ3n) is 2.49. The van der Waals surface area contributed by atoms with Crippen LogP contribution in [0.3, 0.4) is 0 Å². The lowest BCUT2D eigenvalue weighted by atomic mass is 10.2. The molecule has 98 valence electrons. The number of hydrogen-bond acceptors (Lipinski definition) is 4. The van der Waals surface area contributed by atoms with Crippen LogP contribution in [0.1, 0.15) is 5.56 Å². The van der Waals surface area contributed by atoms with Gasteiger partial charge in [0.15, 0.2) is 10.9 Å². The molecule has 2 rings (SSSR count). The van der Waals surface area contributed by atoms with Gasteiger partial charge in [0.1, 0.15) is 6.61 Å². The Hall–Kier alpha value is -1.30. The van der Waals surface area contributed by atoms with Crippen LogP contribution in [0.15, 0.2) is 12.3 Å². The number of aliphatic hydroxyl groups is 1. The predicted molar refractivity (Wildman–Crippen MR) is 71.1 cm³/mol. The van der Waals surface area contributed by atoms with Gasteiger partial charge in [0, 0.05) is 24.4 Å². The van der Waals surface area contributed by atoms with Crippen molar-refractivity contribution in [1.29, 1.82) is 0 Å². The van der Waals surface area contributed by atoms with Crippen molar-refractivity contribution in [2.24, 2.45) is 0 Å². The number of pyridine rings is 1. The molecular formula is C12H16ClN3O2. The first kappa shape index (κ1) is 13.1. The van der Waals surface area contributed by atoms with E-state index in [1.165, 1.54) is 0 Å². The quantitative estimate of drug-likeness (QED) is 0.811. The summed E-state index contributed by atoms with van der Waals surface area (Å²) in [5.41, 5.74) is 2.82. The van der Waals surface area contributed by atoms with E-state index in [2.05, 4.69) is 14.9 Å². The molecule has 0 aliphatic rings. The minimum absolute atomic E-state index is 0.0506. The fourth-order valence-electron chi connectivity index (χ4n) is 1.78. The van der Waals surface area contributed by atoms with E-state index in [1.807, 2.05) is 20.3 Å². The smallest absolute Gasteiger partial charge is 0.171 e. The average molecular weight is 270 g/mol. The Kier molecular flexibility index (Phi) is 4.06. The standard InChI is InChI=1S/C12H16ClN3O2/c1-16(2)7-8-6-14-9-5-10(18-4-3-17)12(13)15-11(8)9/h5-6,14,17H,3-4,7H2,1-2H3. The van der Waals surface area contributed by atoms with E-state index >= 15 is 0 Å². The normalized spacial score (nSPS) is 11.4. The van der Waals surface area contributed by atoms with Crippen molar-refractivity contribution in [1.82, 2.24) is 14.9 Å². The van der Waals surface area contributed by atoms with E-state index < -0.39 is 0 Å². The molecule has 0 bridgehead atoms. The first-order valence-electron chi connectivity index (χ1n) is 5.66. The molecule has 2 N–H and O–H groups in total. The van der Waals surface area contributed by atoms with Gasteiger partial charge in [-0.15, -0.1) is 0 Å². The van der Waals surface area contributed by atoms with Crippen LogP contribution in [0.25, 0.3) is 11.0 Å². The summed E-state index contributed by atoms with van der Waals surface area (Å²) in [4.78, 5) is 9.55. The maximum Gasteiger partial charge on any atom is 0.171 e. The molecule has 18 heavy (non-hydrogen) atoms. The zero-order valence-electron chi connectivity index (χ0n) is 10.4. The first-order valence-corrected chi connectivity index (χ1v) is 6.04. The third kappa shape index (κ3) is 2.75. The number of ether oxygens (including phenoxy) is 1. The molecule has 0 amide bonds. The van der Waals surface area contributed by atoms with Gasteiger partial charge >= 0.3 is 0 Å². The maximum absolute atomic E-state index is 8.73. The second kappa shape index (κ2) is 5.56. The number of fused-ring (bicyclic) bond motifs is 1. The second-order valence-electron chi connectivity index (χ2n) is 4.30. The largest absolute Gasteiger partial charge is 0.488 e. The Labute approximate surface area is 110 Å². The molecule has 0 saturated heterocycles. The van der Waals surface area contributed by atoms with Crippen molar-refractivity contribution >= 4 is 22.6 Å². The highest BCUT2D eigenvalue weighted by Crippen LogP contribution is 2.28. The van der Waals surface area contributed by atoms with Crippen LogP contribution in [0.4, 0.5) is 0 Å². The molecule has 0 aliphatic carbocycles. The van der Waals surface area contributed by atoms with Crippen LogP contribution in [0.2, 0.25) is 5.15 Å². The minimum atomic E-state index is -0.0506. The van der Waals surface area contributed by atoms with E-state index in [-0.39, 0.29) is 13.2 Å². The zero-order valence-corrected chi connectivity index (χ0v) is 11.2. The van der Waals surface area contributed by atoms with Crippen LogP contribution >= 0.6 is 11.6 Å². The van der Waals surface area contributed by atoms with Crippen molar-refractivity contribution in [2.45, 2.75) is 6.54 Å². The van der Waals surface area contributed by atoms with Gasteiger partial charge in [0.25, 0.3) is 0 Å². The summed E-state index contributed by atoms with van der Waals surface area (Å²) in [6.45, 7) is 0.948. The van der Waals surface area contributed by atoms with Gasteiger partial charge in [-0.3, -0.25) is 0 Å². The predicted octanol–water partition coefficient (Wildman–Crippen LogP) is 1.65. The Morgan fingerprint density at radius 2 is 2.28 bits per heavy atom. The summed E-state index contributed by atoms with van der Waals surface area (Å²) >= 11 is 6.06. The Morgan fingerprint density at radius 1 is 1.50 bits per heavy atom. The van der Waals surface area contributed by atoms with Gasteiger partial charge < -0.3 is 19.7 Å². The zero-order chi connectivity index (χ0) is 13.1. The molecule has 5 nitrogen and oxygen atoms in total. The van der Waals surface area contributed by atoms with E-state index in [0.717, 1.165) is 23.1 Å². The van der Waals surface area contributed by atoms with Crippen LogP contribution < -0.4 is 4.74 Å². The topological polar surface area (TPSA) is 61.4 Å². The Bertz CT molecular complexity index is 539. The van der Waals surface area contributed by atoms with Gasteiger partial charge in [0.2, 0.25) is 0 Å². The molecule has 0 spiro atoms. The highest BCUT2D eigenvalue weighted by atomic mass is 35.5. The number of hydrogen-bond donors (Lipinski definition) is 2.